The van der Waals surface area contributed by atoms with Gasteiger partial charge in [-0.15, -0.1) is 0 Å². The molecule has 1 aromatic carbocycles. The SMILES string of the molecule is COc1ccc([C@H](/C=C/C(C)(C)C)CCCCS(=O)(=O)O)cc1. The zero-order chi connectivity index (χ0) is 17.5. The Morgan fingerprint density at radius 1 is 1.17 bits per heavy atom. The smallest absolute Gasteiger partial charge is 0.264 e. The molecule has 0 aliphatic carbocycles. The van der Waals surface area contributed by atoms with Crippen molar-refractivity contribution >= 4 is 10.1 Å². The first-order valence-electron chi connectivity index (χ1n) is 7.89. The van der Waals surface area contributed by atoms with Gasteiger partial charge >= 0.3 is 0 Å². The quantitative estimate of drug-likeness (QED) is 0.432. The molecule has 1 aromatic rings. The predicted molar refractivity (Wildman–Crippen MR) is 94.6 cm³/mol. The molecular formula is C18H28O4S. The minimum absolute atomic E-state index is 0.0964. The Morgan fingerprint density at radius 3 is 2.26 bits per heavy atom. The maximum absolute atomic E-state index is 10.8. The third kappa shape index (κ3) is 8.77. The third-order valence-electron chi connectivity index (χ3n) is 3.54. The largest absolute Gasteiger partial charge is 0.497 e. The maximum Gasteiger partial charge on any atom is 0.264 e. The van der Waals surface area contributed by atoms with Crippen LogP contribution < -0.4 is 4.74 Å². The van der Waals surface area contributed by atoms with Crippen molar-refractivity contribution in [2.45, 2.75) is 46.0 Å². The second-order valence-electron chi connectivity index (χ2n) is 6.89. The van der Waals surface area contributed by atoms with E-state index < -0.39 is 10.1 Å². The molecule has 23 heavy (non-hydrogen) atoms. The van der Waals surface area contributed by atoms with E-state index in [9.17, 15) is 8.42 Å². The van der Waals surface area contributed by atoms with Gasteiger partial charge in [-0.2, -0.15) is 8.42 Å². The van der Waals surface area contributed by atoms with Crippen LogP contribution in [0.2, 0.25) is 0 Å². The maximum atomic E-state index is 10.8. The van der Waals surface area contributed by atoms with Crippen molar-refractivity contribution in [2.24, 2.45) is 5.41 Å². The summed E-state index contributed by atoms with van der Waals surface area (Å²) in [6.07, 6.45) is 6.42. The molecule has 5 heteroatoms. The molecule has 1 rings (SSSR count). The average molecular weight is 340 g/mol. The van der Waals surface area contributed by atoms with E-state index in [4.69, 9.17) is 9.29 Å². The lowest BCUT2D eigenvalue weighted by atomic mass is 9.89. The lowest BCUT2D eigenvalue weighted by Gasteiger charge is -2.17. The highest BCUT2D eigenvalue weighted by atomic mass is 32.2. The summed E-state index contributed by atoms with van der Waals surface area (Å²) in [5, 5.41) is 0. The standard InChI is InChI=1S/C18H28O4S/c1-18(2,3)13-12-15(7-5-6-14-23(19,20)21)16-8-10-17(22-4)11-9-16/h8-13,15H,5-7,14H2,1-4H3,(H,19,20,21)/b13-12+/t15-/m0/s1. The van der Waals surface area contributed by atoms with Gasteiger partial charge in [0.25, 0.3) is 10.1 Å². The molecule has 0 radical (unpaired) electrons. The molecule has 0 saturated heterocycles. The highest BCUT2D eigenvalue weighted by Gasteiger charge is 2.12. The van der Waals surface area contributed by atoms with Gasteiger partial charge in [0.05, 0.1) is 12.9 Å². The van der Waals surface area contributed by atoms with Crippen LogP contribution in [0.4, 0.5) is 0 Å². The zero-order valence-electron chi connectivity index (χ0n) is 14.5. The van der Waals surface area contributed by atoms with Gasteiger partial charge in [0.1, 0.15) is 5.75 Å². The fourth-order valence-corrected chi connectivity index (χ4v) is 2.85. The van der Waals surface area contributed by atoms with E-state index in [1.807, 2.05) is 24.3 Å². The van der Waals surface area contributed by atoms with Crippen LogP contribution in [-0.2, 0) is 10.1 Å². The molecule has 0 spiro atoms. The lowest BCUT2D eigenvalue weighted by Crippen LogP contribution is -2.05. The van der Waals surface area contributed by atoms with Gasteiger partial charge in [0, 0.05) is 5.92 Å². The molecule has 0 bridgehead atoms. The Bertz CT molecular complexity index is 595. The van der Waals surface area contributed by atoms with Gasteiger partial charge in [-0.05, 0) is 36.0 Å². The van der Waals surface area contributed by atoms with Crippen molar-refractivity contribution in [3.05, 3.63) is 42.0 Å². The molecule has 1 N–H and O–H groups in total. The van der Waals surface area contributed by atoms with Gasteiger partial charge in [-0.1, -0.05) is 51.5 Å². The van der Waals surface area contributed by atoms with Crippen LogP contribution in [0.3, 0.4) is 0 Å². The first-order valence-corrected chi connectivity index (χ1v) is 9.50. The Kier molecular flexibility index (Phi) is 7.29. The average Bonchev–Trinajstić information content (AvgIpc) is 2.44. The first-order chi connectivity index (χ1) is 10.6. The van der Waals surface area contributed by atoms with E-state index in [0.29, 0.717) is 6.42 Å². The molecular weight excluding hydrogens is 312 g/mol. The van der Waals surface area contributed by atoms with E-state index in [1.54, 1.807) is 7.11 Å². The van der Waals surface area contributed by atoms with Crippen LogP contribution in [0.5, 0.6) is 5.75 Å². The van der Waals surface area contributed by atoms with E-state index in [1.165, 1.54) is 5.56 Å². The normalized spacial score (nSPS) is 14.1. The Hall–Kier alpha value is -1.33. The van der Waals surface area contributed by atoms with Crippen molar-refractivity contribution < 1.29 is 17.7 Å². The summed E-state index contributed by atoms with van der Waals surface area (Å²) in [6, 6.07) is 7.95. The van der Waals surface area contributed by atoms with E-state index in [0.717, 1.165) is 18.6 Å². The van der Waals surface area contributed by atoms with Crippen LogP contribution >= 0.6 is 0 Å². The number of hydrogen-bond acceptors (Lipinski definition) is 3. The fourth-order valence-electron chi connectivity index (χ4n) is 2.28. The van der Waals surface area contributed by atoms with Crippen molar-refractivity contribution in [2.75, 3.05) is 12.9 Å². The third-order valence-corrected chi connectivity index (χ3v) is 4.34. The summed E-state index contributed by atoms with van der Waals surface area (Å²) in [7, 11) is -2.23. The van der Waals surface area contributed by atoms with Crippen molar-refractivity contribution in [1.29, 1.82) is 0 Å². The summed E-state index contributed by atoms with van der Waals surface area (Å²) in [5.41, 5.74) is 1.28. The second-order valence-corrected chi connectivity index (χ2v) is 8.46. The molecule has 0 heterocycles. The number of methoxy groups -OCH3 is 1. The molecule has 0 aliphatic rings. The van der Waals surface area contributed by atoms with Gasteiger partial charge in [0.2, 0.25) is 0 Å². The number of benzene rings is 1. The number of ether oxygens (including phenoxy) is 1. The molecule has 0 aromatic heterocycles. The molecule has 0 fully saturated rings. The predicted octanol–water partition coefficient (Wildman–Crippen LogP) is 4.44. The lowest BCUT2D eigenvalue weighted by molar-refractivity contribution is 0.414. The van der Waals surface area contributed by atoms with E-state index >= 15 is 0 Å². The molecule has 4 nitrogen and oxygen atoms in total. The van der Waals surface area contributed by atoms with Crippen LogP contribution in [0.15, 0.2) is 36.4 Å². The molecule has 130 valence electrons. The van der Waals surface area contributed by atoms with Crippen molar-refractivity contribution in [1.82, 2.24) is 0 Å². The number of unbranched alkanes of at least 4 members (excludes halogenated alkanes) is 1. The minimum atomic E-state index is -3.87. The highest BCUT2D eigenvalue weighted by Crippen LogP contribution is 2.28. The van der Waals surface area contributed by atoms with Crippen LogP contribution in [0.1, 0.15) is 51.5 Å². The van der Waals surface area contributed by atoms with E-state index in [2.05, 4.69) is 32.9 Å². The second kappa shape index (κ2) is 8.50. The monoisotopic (exact) mass is 340 g/mol. The summed E-state index contributed by atoms with van der Waals surface area (Å²) in [4.78, 5) is 0. The Morgan fingerprint density at radius 2 is 1.78 bits per heavy atom. The number of rotatable bonds is 8. The first kappa shape index (κ1) is 19.7. The fraction of sp³-hybridized carbons (Fsp3) is 0.556. The molecule has 0 saturated carbocycles. The summed E-state index contributed by atoms with van der Waals surface area (Å²) in [5.74, 6) is 0.867. The molecule has 0 amide bonds. The minimum Gasteiger partial charge on any atom is -0.497 e. The molecule has 1 atom stereocenters. The van der Waals surface area contributed by atoms with Gasteiger partial charge < -0.3 is 4.74 Å². The summed E-state index contributed by atoms with van der Waals surface area (Å²) >= 11 is 0. The Balaban J connectivity index is 2.78. The Labute approximate surface area is 140 Å². The number of hydrogen-bond donors (Lipinski definition) is 1. The van der Waals surface area contributed by atoms with Gasteiger partial charge in [-0.3, -0.25) is 4.55 Å². The van der Waals surface area contributed by atoms with E-state index in [-0.39, 0.29) is 17.1 Å². The molecule has 0 unspecified atom stereocenters. The van der Waals surface area contributed by atoms with Crippen LogP contribution in [-0.4, -0.2) is 25.8 Å². The van der Waals surface area contributed by atoms with Gasteiger partial charge in [-0.25, -0.2) is 0 Å². The summed E-state index contributed by atoms with van der Waals surface area (Å²) in [6.45, 7) is 6.44. The molecule has 0 aliphatic heterocycles. The van der Waals surface area contributed by atoms with Crippen LogP contribution in [0.25, 0.3) is 0 Å². The number of allylic oxidation sites excluding steroid dienone is 2. The summed E-state index contributed by atoms with van der Waals surface area (Å²) < 4.78 is 35.6. The topological polar surface area (TPSA) is 63.6 Å². The van der Waals surface area contributed by atoms with Crippen molar-refractivity contribution in [3.63, 3.8) is 0 Å². The highest BCUT2D eigenvalue weighted by molar-refractivity contribution is 7.85. The zero-order valence-corrected chi connectivity index (χ0v) is 15.3. The van der Waals surface area contributed by atoms with Crippen LogP contribution in [0, 0.1) is 5.41 Å². The van der Waals surface area contributed by atoms with Crippen molar-refractivity contribution in [3.8, 4) is 5.75 Å². The van der Waals surface area contributed by atoms with Gasteiger partial charge in [0.15, 0.2) is 0 Å².